The topological polar surface area (TPSA) is 75.9 Å². The second-order valence-electron chi connectivity index (χ2n) is 6.65. The van der Waals surface area contributed by atoms with Gasteiger partial charge < -0.3 is 15.2 Å². The third kappa shape index (κ3) is 4.10. The SMILES string of the molecule is Cc1cc(Nc2nc(NC(C)(C)C)cc(-c3ccccc3)n2)no1. The molecule has 0 saturated heterocycles. The summed E-state index contributed by atoms with van der Waals surface area (Å²) >= 11 is 0. The number of aromatic nitrogens is 3. The number of rotatable bonds is 4. The standard InChI is InChI=1S/C18H21N5O/c1-12-10-16(23-24-12)21-17-19-14(13-8-6-5-7-9-13)11-15(20-17)22-18(2,3)4/h5-11H,1-4H3,(H2,19,20,21,22,23). The molecule has 124 valence electrons. The summed E-state index contributed by atoms with van der Waals surface area (Å²) in [4.78, 5) is 9.13. The summed E-state index contributed by atoms with van der Waals surface area (Å²) in [5, 5.41) is 10.4. The van der Waals surface area contributed by atoms with E-state index in [-0.39, 0.29) is 5.54 Å². The van der Waals surface area contributed by atoms with Gasteiger partial charge in [0.05, 0.1) is 5.69 Å². The fraction of sp³-hybridized carbons (Fsp3) is 0.278. The molecule has 0 spiro atoms. The molecule has 0 aliphatic carbocycles. The highest BCUT2D eigenvalue weighted by atomic mass is 16.5. The number of anilines is 3. The third-order valence-corrected chi connectivity index (χ3v) is 3.17. The van der Waals surface area contributed by atoms with E-state index in [4.69, 9.17) is 4.52 Å². The van der Waals surface area contributed by atoms with Gasteiger partial charge in [-0.25, -0.2) is 4.98 Å². The second-order valence-corrected chi connectivity index (χ2v) is 6.65. The van der Waals surface area contributed by atoms with Gasteiger partial charge in [0.2, 0.25) is 5.95 Å². The molecule has 2 heterocycles. The van der Waals surface area contributed by atoms with Crippen LogP contribution in [0.1, 0.15) is 26.5 Å². The van der Waals surface area contributed by atoms with Gasteiger partial charge in [0.15, 0.2) is 5.82 Å². The number of hydrogen-bond acceptors (Lipinski definition) is 6. The Morgan fingerprint density at radius 2 is 1.71 bits per heavy atom. The summed E-state index contributed by atoms with van der Waals surface area (Å²) in [5.74, 6) is 2.53. The van der Waals surface area contributed by atoms with Crippen molar-refractivity contribution < 1.29 is 4.52 Å². The van der Waals surface area contributed by atoms with Gasteiger partial charge in [0, 0.05) is 23.2 Å². The lowest BCUT2D eigenvalue weighted by molar-refractivity contribution is 0.400. The minimum Gasteiger partial charge on any atom is -0.365 e. The molecule has 0 radical (unpaired) electrons. The zero-order valence-corrected chi connectivity index (χ0v) is 14.3. The molecule has 24 heavy (non-hydrogen) atoms. The van der Waals surface area contributed by atoms with Crippen molar-refractivity contribution in [1.82, 2.24) is 15.1 Å². The van der Waals surface area contributed by atoms with E-state index < -0.39 is 0 Å². The van der Waals surface area contributed by atoms with Crippen LogP contribution in [0.3, 0.4) is 0 Å². The first kappa shape index (κ1) is 16.0. The first-order valence-corrected chi connectivity index (χ1v) is 7.82. The van der Waals surface area contributed by atoms with Crippen LogP contribution in [-0.2, 0) is 0 Å². The van der Waals surface area contributed by atoms with Crippen LogP contribution in [0.5, 0.6) is 0 Å². The number of benzene rings is 1. The molecule has 2 aromatic heterocycles. The van der Waals surface area contributed by atoms with Crippen LogP contribution in [0.2, 0.25) is 0 Å². The summed E-state index contributed by atoms with van der Waals surface area (Å²) in [7, 11) is 0. The zero-order valence-electron chi connectivity index (χ0n) is 14.3. The quantitative estimate of drug-likeness (QED) is 0.741. The maximum Gasteiger partial charge on any atom is 0.231 e. The van der Waals surface area contributed by atoms with Crippen molar-refractivity contribution in [1.29, 1.82) is 0 Å². The molecule has 0 atom stereocenters. The first-order valence-electron chi connectivity index (χ1n) is 7.82. The summed E-state index contributed by atoms with van der Waals surface area (Å²) in [6.45, 7) is 8.11. The van der Waals surface area contributed by atoms with E-state index >= 15 is 0 Å². The van der Waals surface area contributed by atoms with Crippen LogP contribution in [0.15, 0.2) is 47.0 Å². The highest BCUT2D eigenvalue weighted by Gasteiger charge is 2.14. The van der Waals surface area contributed by atoms with Crippen LogP contribution >= 0.6 is 0 Å². The molecule has 0 saturated carbocycles. The van der Waals surface area contributed by atoms with Gasteiger partial charge >= 0.3 is 0 Å². The van der Waals surface area contributed by atoms with Crippen molar-refractivity contribution in [3.8, 4) is 11.3 Å². The molecule has 2 N–H and O–H groups in total. The second kappa shape index (κ2) is 6.31. The molecule has 0 aliphatic rings. The van der Waals surface area contributed by atoms with Gasteiger partial charge in [-0.15, -0.1) is 0 Å². The minimum absolute atomic E-state index is 0.107. The Kier molecular flexibility index (Phi) is 4.20. The van der Waals surface area contributed by atoms with E-state index in [1.807, 2.05) is 43.3 Å². The molecule has 3 aromatic rings. The summed E-state index contributed by atoms with van der Waals surface area (Å²) in [6, 6.07) is 13.7. The number of aryl methyl sites for hydroxylation is 1. The Labute approximate surface area is 141 Å². The van der Waals surface area contributed by atoms with E-state index in [0.29, 0.717) is 11.8 Å². The molecule has 6 nitrogen and oxygen atoms in total. The summed E-state index contributed by atoms with van der Waals surface area (Å²) in [5.41, 5.74) is 1.75. The van der Waals surface area contributed by atoms with E-state index in [1.165, 1.54) is 0 Å². The molecular formula is C18H21N5O. The van der Waals surface area contributed by atoms with Crippen molar-refractivity contribution in [2.24, 2.45) is 0 Å². The summed E-state index contributed by atoms with van der Waals surface area (Å²) in [6.07, 6.45) is 0. The Morgan fingerprint density at radius 3 is 2.33 bits per heavy atom. The summed E-state index contributed by atoms with van der Waals surface area (Å²) < 4.78 is 5.08. The van der Waals surface area contributed by atoms with Crippen molar-refractivity contribution in [3.05, 3.63) is 48.2 Å². The van der Waals surface area contributed by atoms with E-state index in [1.54, 1.807) is 6.07 Å². The molecule has 0 bridgehead atoms. The Bertz CT molecular complexity index is 821. The number of nitrogens with zero attached hydrogens (tertiary/aromatic N) is 3. The highest BCUT2D eigenvalue weighted by Crippen LogP contribution is 2.24. The molecule has 3 rings (SSSR count). The van der Waals surface area contributed by atoms with Gasteiger partial charge in [-0.3, -0.25) is 0 Å². The van der Waals surface area contributed by atoms with Crippen LogP contribution in [0.25, 0.3) is 11.3 Å². The highest BCUT2D eigenvalue weighted by molar-refractivity contribution is 5.65. The van der Waals surface area contributed by atoms with E-state index in [2.05, 4.69) is 46.5 Å². The average Bonchev–Trinajstić information content (AvgIpc) is 2.91. The van der Waals surface area contributed by atoms with Gasteiger partial charge in [-0.1, -0.05) is 35.5 Å². The predicted octanol–water partition coefficient (Wildman–Crippen LogP) is 4.39. The maximum atomic E-state index is 5.08. The predicted molar refractivity (Wildman–Crippen MR) is 95.4 cm³/mol. The Balaban J connectivity index is 1.99. The van der Waals surface area contributed by atoms with Crippen LogP contribution in [-0.4, -0.2) is 20.7 Å². The van der Waals surface area contributed by atoms with Crippen molar-refractivity contribution >= 4 is 17.6 Å². The van der Waals surface area contributed by atoms with Gasteiger partial charge in [0.1, 0.15) is 11.6 Å². The van der Waals surface area contributed by atoms with Crippen molar-refractivity contribution in [2.75, 3.05) is 10.6 Å². The molecule has 0 fully saturated rings. The van der Waals surface area contributed by atoms with Crippen molar-refractivity contribution in [3.63, 3.8) is 0 Å². The number of hydrogen-bond donors (Lipinski definition) is 2. The fourth-order valence-electron chi connectivity index (χ4n) is 2.25. The Morgan fingerprint density at radius 1 is 0.958 bits per heavy atom. The number of nitrogens with one attached hydrogen (secondary N) is 2. The monoisotopic (exact) mass is 323 g/mol. The maximum absolute atomic E-state index is 5.08. The van der Waals surface area contributed by atoms with E-state index in [0.717, 1.165) is 22.8 Å². The van der Waals surface area contributed by atoms with Gasteiger partial charge in [0.25, 0.3) is 0 Å². The van der Waals surface area contributed by atoms with E-state index in [9.17, 15) is 0 Å². The zero-order chi connectivity index (χ0) is 17.2. The van der Waals surface area contributed by atoms with Crippen LogP contribution in [0.4, 0.5) is 17.6 Å². The average molecular weight is 323 g/mol. The van der Waals surface area contributed by atoms with Crippen LogP contribution in [0, 0.1) is 6.92 Å². The lowest BCUT2D eigenvalue weighted by Gasteiger charge is -2.22. The molecule has 0 amide bonds. The van der Waals surface area contributed by atoms with Gasteiger partial charge in [-0.05, 0) is 27.7 Å². The smallest absolute Gasteiger partial charge is 0.231 e. The largest absolute Gasteiger partial charge is 0.365 e. The van der Waals surface area contributed by atoms with Crippen LogP contribution < -0.4 is 10.6 Å². The third-order valence-electron chi connectivity index (χ3n) is 3.17. The molecule has 6 heteroatoms. The first-order chi connectivity index (χ1) is 11.4. The molecule has 0 aliphatic heterocycles. The lowest BCUT2D eigenvalue weighted by Crippen LogP contribution is -2.26. The Hall–Kier alpha value is -2.89. The normalized spacial score (nSPS) is 11.3. The molecular weight excluding hydrogens is 302 g/mol. The molecule has 0 unspecified atom stereocenters. The lowest BCUT2D eigenvalue weighted by atomic mass is 10.1. The fourth-order valence-corrected chi connectivity index (χ4v) is 2.25. The van der Waals surface area contributed by atoms with Crippen molar-refractivity contribution in [2.45, 2.75) is 33.2 Å². The minimum atomic E-state index is -0.107. The van der Waals surface area contributed by atoms with Gasteiger partial charge in [-0.2, -0.15) is 4.98 Å². The molecule has 1 aromatic carbocycles.